The van der Waals surface area contributed by atoms with Crippen LogP contribution in [-0.2, 0) is 19.6 Å². The quantitative estimate of drug-likeness (QED) is 0.620. The molecule has 0 spiro atoms. The van der Waals surface area contributed by atoms with Crippen LogP contribution in [-0.4, -0.2) is 64.1 Å². The van der Waals surface area contributed by atoms with Crippen LogP contribution in [0.5, 0.6) is 5.75 Å². The number of carbonyl (C=O) groups excluding carboxylic acids is 2. The largest absolute Gasteiger partial charge is 0.494 e. The highest BCUT2D eigenvalue weighted by molar-refractivity contribution is 7.92. The topological polar surface area (TPSA) is 114 Å². The Bertz CT molecular complexity index is 1030. The van der Waals surface area contributed by atoms with Gasteiger partial charge in [0, 0.05) is 24.3 Å². The number of sulfonamides is 1. The van der Waals surface area contributed by atoms with Crippen molar-refractivity contribution in [2.24, 2.45) is 0 Å². The molecule has 0 radical (unpaired) electrons. The number of nitrogens with zero attached hydrogens (tertiary/aromatic N) is 1. The molecule has 10 heteroatoms. The molecule has 1 unspecified atom stereocenters. The second kappa shape index (κ2) is 10.5. The Balaban J connectivity index is 1.60. The fraction of sp³-hybridized carbons (Fsp3) is 0.364. The predicted octanol–water partition coefficient (Wildman–Crippen LogP) is 1.86. The maximum Gasteiger partial charge on any atom is 0.261 e. The number of rotatable bonds is 8. The van der Waals surface area contributed by atoms with E-state index in [0.29, 0.717) is 49.9 Å². The van der Waals surface area contributed by atoms with Crippen molar-refractivity contribution in [2.45, 2.75) is 24.8 Å². The molecular weight excluding hydrogens is 434 g/mol. The molecule has 0 aliphatic carbocycles. The molecular formula is C22H27N3O6S. The fourth-order valence-electron chi connectivity index (χ4n) is 3.18. The molecule has 2 amide bonds. The summed E-state index contributed by atoms with van der Waals surface area (Å²) >= 11 is 0. The summed E-state index contributed by atoms with van der Waals surface area (Å²) in [5.74, 6) is 0.00422. The van der Waals surface area contributed by atoms with Crippen LogP contribution in [0.25, 0.3) is 0 Å². The molecule has 32 heavy (non-hydrogen) atoms. The molecule has 0 aromatic heterocycles. The summed E-state index contributed by atoms with van der Waals surface area (Å²) in [6, 6.07) is 11.4. The first-order valence-electron chi connectivity index (χ1n) is 10.3. The molecule has 3 rings (SSSR count). The second-order valence-corrected chi connectivity index (χ2v) is 8.90. The summed E-state index contributed by atoms with van der Waals surface area (Å²) < 4.78 is 38.2. The maximum absolute atomic E-state index is 12.6. The van der Waals surface area contributed by atoms with Gasteiger partial charge < -0.3 is 19.7 Å². The van der Waals surface area contributed by atoms with E-state index >= 15 is 0 Å². The van der Waals surface area contributed by atoms with E-state index in [2.05, 4.69) is 10.0 Å². The van der Waals surface area contributed by atoms with Crippen molar-refractivity contribution in [3.05, 3.63) is 54.1 Å². The van der Waals surface area contributed by atoms with Crippen molar-refractivity contribution in [1.29, 1.82) is 0 Å². The van der Waals surface area contributed by atoms with E-state index in [9.17, 15) is 18.0 Å². The van der Waals surface area contributed by atoms with E-state index in [1.165, 1.54) is 36.4 Å². The average molecular weight is 462 g/mol. The van der Waals surface area contributed by atoms with E-state index in [-0.39, 0.29) is 10.8 Å². The van der Waals surface area contributed by atoms with Crippen molar-refractivity contribution >= 4 is 27.5 Å². The highest BCUT2D eigenvalue weighted by Crippen LogP contribution is 2.20. The number of hydrogen-bond donors (Lipinski definition) is 2. The van der Waals surface area contributed by atoms with Gasteiger partial charge in [-0.1, -0.05) is 0 Å². The van der Waals surface area contributed by atoms with Crippen molar-refractivity contribution in [3.63, 3.8) is 0 Å². The van der Waals surface area contributed by atoms with Crippen LogP contribution in [0.4, 0.5) is 5.69 Å². The van der Waals surface area contributed by atoms with Gasteiger partial charge in [0.15, 0.2) is 0 Å². The summed E-state index contributed by atoms with van der Waals surface area (Å²) in [6.45, 7) is 5.95. The van der Waals surface area contributed by atoms with E-state index in [1.54, 1.807) is 24.0 Å². The molecule has 172 valence electrons. The van der Waals surface area contributed by atoms with Gasteiger partial charge in [-0.15, -0.1) is 0 Å². The normalized spacial score (nSPS) is 15.0. The molecule has 0 saturated carbocycles. The Morgan fingerprint density at radius 1 is 1.06 bits per heavy atom. The van der Waals surface area contributed by atoms with E-state index in [0.717, 1.165) is 0 Å². The molecule has 1 aliphatic rings. The third-order valence-electron chi connectivity index (χ3n) is 4.89. The van der Waals surface area contributed by atoms with Gasteiger partial charge in [-0.05, 0) is 62.4 Å². The number of nitrogens with one attached hydrogen (secondary N) is 2. The highest BCUT2D eigenvalue weighted by atomic mass is 32.2. The number of ether oxygens (including phenoxy) is 2. The zero-order valence-corrected chi connectivity index (χ0v) is 18.9. The van der Waals surface area contributed by atoms with Crippen LogP contribution >= 0.6 is 0 Å². The van der Waals surface area contributed by atoms with Crippen LogP contribution < -0.4 is 14.8 Å². The standard InChI is InChI=1S/C22H27N3O6S/c1-3-31-19-8-10-20(11-9-19)32(28,29)24-18-6-4-17(5-7-18)21(26)23-16(2)22(27)25-12-14-30-15-13-25/h4-11,16,24H,3,12-15H2,1-2H3,(H,23,26). The lowest BCUT2D eigenvalue weighted by molar-refractivity contribution is -0.136. The van der Waals surface area contributed by atoms with E-state index in [4.69, 9.17) is 9.47 Å². The monoisotopic (exact) mass is 461 g/mol. The Labute approximate surface area is 187 Å². The average Bonchev–Trinajstić information content (AvgIpc) is 2.80. The van der Waals surface area contributed by atoms with Gasteiger partial charge in [-0.3, -0.25) is 14.3 Å². The van der Waals surface area contributed by atoms with Crippen molar-refractivity contribution in [1.82, 2.24) is 10.2 Å². The lowest BCUT2D eigenvalue weighted by Crippen LogP contribution is -2.50. The van der Waals surface area contributed by atoms with Gasteiger partial charge in [-0.2, -0.15) is 0 Å². The minimum Gasteiger partial charge on any atom is -0.494 e. The third kappa shape index (κ3) is 5.98. The first-order valence-corrected chi connectivity index (χ1v) is 11.8. The van der Waals surface area contributed by atoms with Crippen molar-refractivity contribution in [3.8, 4) is 5.75 Å². The second-order valence-electron chi connectivity index (χ2n) is 7.22. The van der Waals surface area contributed by atoms with Crippen LogP contribution in [0.2, 0.25) is 0 Å². The number of carbonyl (C=O) groups is 2. The highest BCUT2D eigenvalue weighted by Gasteiger charge is 2.24. The molecule has 1 heterocycles. The predicted molar refractivity (Wildman–Crippen MR) is 119 cm³/mol. The number of anilines is 1. The molecule has 1 fully saturated rings. The van der Waals surface area contributed by atoms with Gasteiger partial charge in [0.25, 0.3) is 15.9 Å². The van der Waals surface area contributed by atoms with Gasteiger partial charge in [0.05, 0.1) is 24.7 Å². The smallest absolute Gasteiger partial charge is 0.261 e. The summed E-state index contributed by atoms with van der Waals surface area (Å²) in [5, 5.41) is 2.68. The molecule has 0 bridgehead atoms. The summed E-state index contributed by atoms with van der Waals surface area (Å²) in [7, 11) is -3.79. The van der Waals surface area contributed by atoms with Crippen molar-refractivity contribution < 1.29 is 27.5 Å². The lowest BCUT2D eigenvalue weighted by Gasteiger charge is -2.29. The molecule has 1 atom stereocenters. The summed E-state index contributed by atoms with van der Waals surface area (Å²) in [6.07, 6.45) is 0. The van der Waals surface area contributed by atoms with Crippen LogP contribution in [0.3, 0.4) is 0 Å². The number of hydrogen-bond acceptors (Lipinski definition) is 6. The Morgan fingerprint density at radius 2 is 1.69 bits per heavy atom. The van der Waals surface area contributed by atoms with Gasteiger partial charge in [0.1, 0.15) is 11.8 Å². The minimum atomic E-state index is -3.79. The zero-order chi connectivity index (χ0) is 23.1. The molecule has 2 aromatic carbocycles. The molecule has 1 aliphatic heterocycles. The van der Waals surface area contributed by atoms with E-state index < -0.39 is 22.0 Å². The fourth-order valence-corrected chi connectivity index (χ4v) is 4.24. The first kappa shape index (κ1) is 23.6. The van der Waals surface area contributed by atoms with Crippen LogP contribution in [0.15, 0.2) is 53.4 Å². The molecule has 9 nitrogen and oxygen atoms in total. The van der Waals surface area contributed by atoms with Crippen molar-refractivity contribution in [2.75, 3.05) is 37.6 Å². The number of benzene rings is 2. The number of amides is 2. The van der Waals surface area contributed by atoms with Gasteiger partial charge >= 0.3 is 0 Å². The minimum absolute atomic E-state index is 0.0956. The lowest BCUT2D eigenvalue weighted by atomic mass is 10.1. The van der Waals surface area contributed by atoms with Gasteiger partial charge in [-0.25, -0.2) is 8.42 Å². The van der Waals surface area contributed by atoms with Crippen LogP contribution in [0, 0.1) is 0 Å². The third-order valence-corrected chi connectivity index (χ3v) is 6.28. The summed E-state index contributed by atoms with van der Waals surface area (Å²) in [5.41, 5.74) is 0.628. The van der Waals surface area contributed by atoms with Crippen LogP contribution in [0.1, 0.15) is 24.2 Å². The SMILES string of the molecule is CCOc1ccc(S(=O)(=O)Nc2ccc(C(=O)NC(C)C(=O)N3CCOCC3)cc2)cc1. The summed E-state index contributed by atoms with van der Waals surface area (Å²) in [4.78, 5) is 26.7. The molecule has 2 N–H and O–H groups in total. The number of morpholine rings is 1. The first-order chi connectivity index (χ1) is 15.3. The molecule has 2 aromatic rings. The Kier molecular flexibility index (Phi) is 7.70. The Hall–Kier alpha value is -3.11. The Morgan fingerprint density at radius 3 is 2.28 bits per heavy atom. The van der Waals surface area contributed by atoms with E-state index in [1.807, 2.05) is 6.92 Å². The zero-order valence-electron chi connectivity index (χ0n) is 18.0. The van der Waals surface area contributed by atoms with Gasteiger partial charge in [0.2, 0.25) is 5.91 Å². The maximum atomic E-state index is 12.6. The molecule has 1 saturated heterocycles.